The van der Waals surface area contributed by atoms with Crippen LogP contribution in [0.5, 0.6) is 0 Å². The van der Waals surface area contributed by atoms with Crippen LogP contribution in [-0.2, 0) is 5.41 Å². The van der Waals surface area contributed by atoms with Crippen LogP contribution in [0.4, 0.5) is 5.82 Å². The summed E-state index contributed by atoms with van der Waals surface area (Å²) in [6.45, 7) is 11.1. The molecular weight excluding hydrogens is 262 g/mol. The molecule has 1 amide bonds. The Kier molecular flexibility index (Phi) is 4.86. The molecule has 0 atom stereocenters. The quantitative estimate of drug-likeness (QED) is 0.923. The average molecular weight is 289 g/mol. The van der Waals surface area contributed by atoms with E-state index in [1.807, 2.05) is 17.0 Å². The van der Waals surface area contributed by atoms with Gasteiger partial charge in [-0.2, -0.15) is 0 Å². The van der Waals surface area contributed by atoms with Crippen molar-refractivity contribution in [3.8, 4) is 0 Å². The Bertz CT molecular complexity index is 499. The number of hydrogen-bond donors (Lipinski definition) is 1. The molecule has 0 unspecified atom stereocenters. The van der Waals surface area contributed by atoms with Gasteiger partial charge in [-0.15, -0.1) is 0 Å². The summed E-state index contributed by atoms with van der Waals surface area (Å²) >= 11 is 0. The van der Waals surface area contributed by atoms with Crippen molar-refractivity contribution in [3.63, 3.8) is 0 Å². The lowest BCUT2D eigenvalue weighted by Gasteiger charge is -2.22. The molecule has 1 aliphatic heterocycles. The number of rotatable bonds is 4. The van der Waals surface area contributed by atoms with Crippen LogP contribution in [0, 0.1) is 0 Å². The van der Waals surface area contributed by atoms with Crippen molar-refractivity contribution < 1.29 is 4.79 Å². The van der Waals surface area contributed by atoms with Crippen LogP contribution in [0.2, 0.25) is 0 Å². The number of likely N-dealkylation sites (tertiary alicyclic amines) is 1. The first-order chi connectivity index (χ1) is 9.91. The molecule has 0 saturated carbocycles. The van der Waals surface area contributed by atoms with E-state index in [0.29, 0.717) is 0 Å². The molecule has 4 heteroatoms. The number of amides is 1. The monoisotopic (exact) mass is 289 g/mol. The second-order valence-electron chi connectivity index (χ2n) is 6.80. The molecule has 0 aromatic carbocycles. The first-order valence-corrected chi connectivity index (χ1v) is 7.97. The Labute approximate surface area is 127 Å². The lowest BCUT2D eigenvalue weighted by atomic mass is 9.90. The fourth-order valence-corrected chi connectivity index (χ4v) is 2.48. The fraction of sp³-hybridized carbons (Fsp3) is 0.647. The summed E-state index contributed by atoms with van der Waals surface area (Å²) < 4.78 is 0. The Hall–Kier alpha value is -1.58. The standard InChI is InChI=1S/C17H27N3O/c1-5-8-18-15-12-13(11-14(19-15)17(2,3)4)16(21)20-9-6-7-10-20/h11-12H,5-10H2,1-4H3,(H,18,19). The first-order valence-electron chi connectivity index (χ1n) is 7.97. The predicted octanol–water partition coefficient (Wildman–Crippen LogP) is 3.44. The molecule has 1 saturated heterocycles. The van der Waals surface area contributed by atoms with E-state index in [2.05, 4.69) is 38.0 Å². The van der Waals surface area contributed by atoms with Gasteiger partial charge in [-0.05, 0) is 31.4 Å². The minimum absolute atomic E-state index is 0.0655. The molecule has 1 aromatic rings. The van der Waals surface area contributed by atoms with Gasteiger partial charge in [0.2, 0.25) is 0 Å². The highest BCUT2D eigenvalue weighted by Crippen LogP contribution is 2.24. The molecule has 2 rings (SSSR count). The van der Waals surface area contributed by atoms with Gasteiger partial charge in [0.15, 0.2) is 0 Å². The zero-order valence-corrected chi connectivity index (χ0v) is 13.7. The minimum Gasteiger partial charge on any atom is -0.370 e. The molecule has 116 valence electrons. The van der Waals surface area contributed by atoms with E-state index in [1.165, 1.54) is 0 Å². The summed E-state index contributed by atoms with van der Waals surface area (Å²) in [5.74, 6) is 0.951. The number of aromatic nitrogens is 1. The van der Waals surface area contributed by atoms with E-state index in [-0.39, 0.29) is 11.3 Å². The SMILES string of the molecule is CCCNc1cc(C(=O)N2CCCC2)cc(C(C)(C)C)n1. The van der Waals surface area contributed by atoms with E-state index >= 15 is 0 Å². The molecule has 0 spiro atoms. The maximum atomic E-state index is 12.6. The first kappa shape index (κ1) is 15.8. The highest BCUT2D eigenvalue weighted by Gasteiger charge is 2.23. The molecule has 1 aliphatic rings. The summed E-state index contributed by atoms with van der Waals surface area (Å²) in [7, 11) is 0. The van der Waals surface area contributed by atoms with Crippen LogP contribution in [0.3, 0.4) is 0 Å². The number of pyridine rings is 1. The molecular formula is C17H27N3O. The van der Waals surface area contributed by atoms with E-state index in [9.17, 15) is 4.79 Å². The van der Waals surface area contributed by atoms with E-state index in [4.69, 9.17) is 0 Å². The number of nitrogens with one attached hydrogen (secondary N) is 1. The maximum Gasteiger partial charge on any atom is 0.254 e. The van der Waals surface area contributed by atoms with Crippen molar-refractivity contribution in [2.45, 2.75) is 52.4 Å². The molecule has 0 bridgehead atoms. The number of anilines is 1. The van der Waals surface area contributed by atoms with Crippen molar-refractivity contribution in [2.24, 2.45) is 0 Å². The third kappa shape index (κ3) is 3.96. The largest absolute Gasteiger partial charge is 0.370 e. The van der Waals surface area contributed by atoms with Crippen molar-refractivity contribution >= 4 is 11.7 Å². The van der Waals surface area contributed by atoms with E-state index in [0.717, 1.165) is 56.0 Å². The number of nitrogens with zero attached hydrogens (tertiary/aromatic N) is 2. The van der Waals surface area contributed by atoms with Gasteiger partial charge in [-0.3, -0.25) is 4.79 Å². The summed E-state index contributed by atoms with van der Waals surface area (Å²) in [6, 6.07) is 3.85. The molecule has 1 N–H and O–H groups in total. The predicted molar refractivity (Wildman–Crippen MR) is 86.9 cm³/mol. The lowest BCUT2D eigenvalue weighted by molar-refractivity contribution is 0.0792. The zero-order valence-electron chi connectivity index (χ0n) is 13.7. The van der Waals surface area contributed by atoms with Crippen molar-refractivity contribution in [1.29, 1.82) is 0 Å². The molecule has 2 heterocycles. The second kappa shape index (κ2) is 6.46. The Morgan fingerprint density at radius 2 is 1.95 bits per heavy atom. The molecule has 1 aromatic heterocycles. The van der Waals surface area contributed by atoms with Crippen molar-refractivity contribution in [3.05, 3.63) is 23.4 Å². The van der Waals surface area contributed by atoms with Crippen LogP contribution in [0.1, 0.15) is 63.0 Å². The smallest absolute Gasteiger partial charge is 0.254 e. The minimum atomic E-state index is -0.0655. The molecule has 1 fully saturated rings. The Morgan fingerprint density at radius 1 is 1.29 bits per heavy atom. The average Bonchev–Trinajstić information content (AvgIpc) is 2.97. The number of hydrogen-bond acceptors (Lipinski definition) is 3. The summed E-state index contributed by atoms with van der Waals surface area (Å²) in [5, 5.41) is 3.31. The van der Waals surface area contributed by atoms with Crippen LogP contribution < -0.4 is 5.32 Å². The van der Waals surface area contributed by atoms with Crippen molar-refractivity contribution in [2.75, 3.05) is 25.0 Å². The van der Waals surface area contributed by atoms with Gasteiger partial charge in [0.05, 0.1) is 0 Å². The molecule has 21 heavy (non-hydrogen) atoms. The third-order valence-corrected chi connectivity index (χ3v) is 3.79. The van der Waals surface area contributed by atoms with Gasteiger partial charge >= 0.3 is 0 Å². The summed E-state index contributed by atoms with van der Waals surface area (Å²) in [6.07, 6.45) is 3.27. The Morgan fingerprint density at radius 3 is 2.52 bits per heavy atom. The third-order valence-electron chi connectivity index (χ3n) is 3.79. The number of carbonyl (C=O) groups excluding carboxylic acids is 1. The Balaban J connectivity index is 2.32. The van der Waals surface area contributed by atoms with Gasteiger partial charge in [0.1, 0.15) is 5.82 Å². The van der Waals surface area contributed by atoms with Crippen LogP contribution >= 0.6 is 0 Å². The lowest BCUT2D eigenvalue weighted by Crippen LogP contribution is -2.28. The molecule has 4 nitrogen and oxygen atoms in total. The summed E-state index contributed by atoms with van der Waals surface area (Å²) in [5.41, 5.74) is 1.66. The maximum absolute atomic E-state index is 12.6. The summed E-state index contributed by atoms with van der Waals surface area (Å²) in [4.78, 5) is 19.2. The van der Waals surface area contributed by atoms with Gasteiger partial charge in [0.25, 0.3) is 5.91 Å². The number of carbonyl (C=O) groups is 1. The molecule has 0 radical (unpaired) electrons. The highest BCUT2D eigenvalue weighted by atomic mass is 16.2. The van der Waals surface area contributed by atoms with Crippen LogP contribution in [0.25, 0.3) is 0 Å². The zero-order chi connectivity index (χ0) is 15.5. The normalized spacial score (nSPS) is 15.3. The topological polar surface area (TPSA) is 45.2 Å². The molecule has 0 aliphatic carbocycles. The van der Waals surface area contributed by atoms with E-state index in [1.54, 1.807) is 0 Å². The van der Waals surface area contributed by atoms with Gasteiger partial charge in [-0.25, -0.2) is 4.98 Å². The van der Waals surface area contributed by atoms with E-state index < -0.39 is 0 Å². The van der Waals surface area contributed by atoms with Crippen LogP contribution in [-0.4, -0.2) is 35.4 Å². The fourth-order valence-electron chi connectivity index (χ4n) is 2.48. The van der Waals surface area contributed by atoms with Gasteiger partial charge in [-0.1, -0.05) is 27.7 Å². The van der Waals surface area contributed by atoms with Crippen molar-refractivity contribution in [1.82, 2.24) is 9.88 Å². The highest BCUT2D eigenvalue weighted by molar-refractivity contribution is 5.95. The second-order valence-corrected chi connectivity index (χ2v) is 6.80. The van der Waals surface area contributed by atoms with Gasteiger partial charge in [0, 0.05) is 36.3 Å². The van der Waals surface area contributed by atoms with Gasteiger partial charge < -0.3 is 10.2 Å². The van der Waals surface area contributed by atoms with Crippen LogP contribution in [0.15, 0.2) is 12.1 Å².